The van der Waals surface area contributed by atoms with Crippen LogP contribution in [0.1, 0.15) is 28.3 Å². The van der Waals surface area contributed by atoms with Crippen LogP contribution in [0.25, 0.3) is 0 Å². The van der Waals surface area contributed by atoms with E-state index in [4.69, 9.17) is 4.74 Å². The lowest BCUT2D eigenvalue weighted by atomic mass is 10.0. The lowest BCUT2D eigenvalue weighted by molar-refractivity contribution is 0.382. The minimum absolute atomic E-state index is 0.139. The Kier molecular flexibility index (Phi) is 4.56. The Bertz CT molecular complexity index is 553. The lowest BCUT2D eigenvalue weighted by Gasteiger charge is -2.17. The fraction of sp³-hybridized carbons (Fsp3) is 0.333. The Morgan fingerprint density at radius 3 is 2.68 bits per heavy atom. The van der Waals surface area contributed by atoms with Gasteiger partial charge < -0.3 is 10.1 Å². The molecule has 0 saturated heterocycles. The third kappa shape index (κ3) is 2.80. The molecule has 0 aliphatic rings. The first-order valence-corrected chi connectivity index (χ1v) is 7.11. The van der Waals surface area contributed by atoms with Gasteiger partial charge in [-0.3, -0.25) is 0 Å². The first-order valence-electron chi connectivity index (χ1n) is 6.29. The van der Waals surface area contributed by atoms with Crippen molar-refractivity contribution in [3.05, 3.63) is 51.5 Å². The molecule has 0 amide bonds. The van der Waals surface area contributed by atoms with Crippen molar-refractivity contribution in [1.82, 2.24) is 5.32 Å². The molecule has 2 aromatic rings. The molecule has 0 fully saturated rings. The van der Waals surface area contributed by atoms with Crippen LogP contribution in [-0.2, 0) is 6.42 Å². The Labute approximate surface area is 117 Å². The van der Waals surface area contributed by atoms with Crippen molar-refractivity contribution in [3.8, 4) is 5.75 Å². The Hall–Kier alpha value is -1.39. The van der Waals surface area contributed by atoms with E-state index in [-0.39, 0.29) is 17.6 Å². The molecule has 4 heteroatoms. The third-order valence-corrected chi connectivity index (χ3v) is 4.42. The number of hydrogen-bond donors (Lipinski definition) is 1. The quantitative estimate of drug-likeness (QED) is 0.899. The van der Waals surface area contributed by atoms with Gasteiger partial charge in [0.05, 0.1) is 13.2 Å². The van der Waals surface area contributed by atoms with Crippen molar-refractivity contribution in [2.24, 2.45) is 0 Å². The van der Waals surface area contributed by atoms with Gasteiger partial charge in [-0.15, -0.1) is 11.3 Å². The predicted molar refractivity (Wildman–Crippen MR) is 77.6 cm³/mol. The number of halogens is 1. The molecule has 19 heavy (non-hydrogen) atoms. The van der Waals surface area contributed by atoms with Crippen molar-refractivity contribution in [3.63, 3.8) is 0 Å². The highest BCUT2D eigenvalue weighted by molar-refractivity contribution is 7.12. The molecular weight excluding hydrogens is 261 g/mol. The molecule has 102 valence electrons. The number of hydrogen-bond acceptors (Lipinski definition) is 3. The molecule has 1 aromatic heterocycles. The van der Waals surface area contributed by atoms with E-state index in [1.807, 2.05) is 13.1 Å². The number of benzene rings is 1. The molecular formula is C15H18FNOS. The first-order chi connectivity index (χ1) is 9.21. The smallest absolute Gasteiger partial charge is 0.170 e. The zero-order chi connectivity index (χ0) is 13.8. The van der Waals surface area contributed by atoms with Crippen molar-refractivity contribution in [2.75, 3.05) is 14.2 Å². The maximum absolute atomic E-state index is 14.3. The summed E-state index contributed by atoms with van der Waals surface area (Å²) < 4.78 is 19.4. The second-order valence-electron chi connectivity index (χ2n) is 4.24. The van der Waals surface area contributed by atoms with Gasteiger partial charge in [0.25, 0.3) is 0 Å². The highest BCUT2D eigenvalue weighted by Gasteiger charge is 2.20. The standard InChI is InChI=1S/C15H18FNOS/c1-4-10-8-9-13(19-10)15(17-2)11-6-5-7-12(18-3)14(11)16/h5-9,15,17H,4H2,1-3H3. The van der Waals surface area contributed by atoms with Crippen LogP contribution in [0.2, 0.25) is 0 Å². The van der Waals surface area contributed by atoms with E-state index in [1.54, 1.807) is 23.5 Å². The van der Waals surface area contributed by atoms with Crippen molar-refractivity contribution in [1.29, 1.82) is 0 Å². The maximum Gasteiger partial charge on any atom is 0.170 e. The minimum atomic E-state index is -0.296. The van der Waals surface area contributed by atoms with E-state index < -0.39 is 0 Å². The summed E-state index contributed by atoms with van der Waals surface area (Å²) in [6.07, 6.45) is 1.00. The number of methoxy groups -OCH3 is 1. The Morgan fingerprint density at radius 2 is 2.11 bits per heavy atom. The zero-order valence-corrected chi connectivity index (χ0v) is 12.2. The lowest BCUT2D eigenvalue weighted by Crippen LogP contribution is -2.18. The molecule has 1 unspecified atom stereocenters. The van der Waals surface area contributed by atoms with E-state index >= 15 is 0 Å². The molecule has 1 heterocycles. The summed E-state index contributed by atoms with van der Waals surface area (Å²) in [7, 11) is 3.33. The normalized spacial score (nSPS) is 12.4. The monoisotopic (exact) mass is 279 g/mol. The van der Waals surface area contributed by atoms with Gasteiger partial charge in [-0.05, 0) is 31.7 Å². The number of rotatable bonds is 5. The zero-order valence-electron chi connectivity index (χ0n) is 11.4. The van der Waals surface area contributed by atoms with Crippen LogP contribution in [0.5, 0.6) is 5.75 Å². The van der Waals surface area contributed by atoms with E-state index in [1.165, 1.54) is 12.0 Å². The van der Waals surface area contributed by atoms with Crippen LogP contribution in [0.15, 0.2) is 30.3 Å². The number of nitrogens with one attached hydrogen (secondary N) is 1. The van der Waals surface area contributed by atoms with E-state index in [0.29, 0.717) is 5.56 Å². The van der Waals surface area contributed by atoms with Gasteiger partial charge in [0, 0.05) is 15.3 Å². The average molecular weight is 279 g/mol. The van der Waals surface area contributed by atoms with E-state index in [9.17, 15) is 4.39 Å². The van der Waals surface area contributed by atoms with Gasteiger partial charge in [-0.2, -0.15) is 0 Å². The molecule has 0 saturated carbocycles. The largest absolute Gasteiger partial charge is 0.494 e. The Balaban J connectivity index is 2.42. The number of ether oxygens (including phenoxy) is 1. The van der Waals surface area contributed by atoms with Crippen LogP contribution in [-0.4, -0.2) is 14.2 Å². The van der Waals surface area contributed by atoms with Crippen molar-refractivity contribution in [2.45, 2.75) is 19.4 Å². The molecule has 0 spiro atoms. The van der Waals surface area contributed by atoms with Gasteiger partial charge in [0.1, 0.15) is 0 Å². The summed E-state index contributed by atoms with van der Waals surface area (Å²) in [5.41, 5.74) is 0.617. The van der Waals surface area contributed by atoms with Crippen LogP contribution >= 0.6 is 11.3 Å². The van der Waals surface area contributed by atoms with Gasteiger partial charge >= 0.3 is 0 Å². The molecule has 0 aliphatic carbocycles. The van der Waals surface area contributed by atoms with Crippen LogP contribution in [0.3, 0.4) is 0 Å². The average Bonchev–Trinajstić information content (AvgIpc) is 2.90. The van der Waals surface area contributed by atoms with E-state index in [2.05, 4.69) is 24.4 Å². The Morgan fingerprint density at radius 1 is 1.32 bits per heavy atom. The molecule has 0 bridgehead atoms. The fourth-order valence-electron chi connectivity index (χ4n) is 2.10. The highest BCUT2D eigenvalue weighted by Crippen LogP contribution is 2.32. The second kappa shape index (κ2) is 6.17. The van der Waals surface area contributed by atoms with Crippen molar-refractivity contribution >= 4 is 11.3 Å². The molecule has 1 aromatic carbocycles. The van der Waals surface area contributed by atoms with Gasteiger partial charge in [-0.1, -0.05) is 19.1 Å². The van der Waals surface area contributed by atoms with Crippen LogP contribution < -0.4 is 10.1 Å². The first kappa shape index (κ1) is 14.0. The van der Waals surface area contributed by atoms with Gasteiger partial charge in [0.2, 0.25) is 0 Å². The van der Waals surface area contributed by atoms with E-state index in [0.717, 1.165) is 11.3 Å². The summed E-state index contributed by atoms with van der Waals surface area (Å²) >= 11 is 1.71. The van der Waals surface area contributed by atoms with Gasteiger partial charge in [-0.25, -0.2) is 4.39 Å². The predicted octanol–water partition coefficient (Wildman–Crippen LogP) is 3.77. The summed E-state index contributed by atoms with van der Waals surface area (Å²) in [6.45, 7) is 2.12. The fourth-order valence-corrected chi connectivity index (χ4v) is 3.18. The van der Waals surface area contributed by atoms with Crippen LogP contribution in [0, 0.1) is 5.82 Å². The molecule has 0 radical (unpaired) electrons. The SMILES string of the molecule is CCc1ccc(C(NC)c2cccc(OC)c2F)s1. The summed E-state index contributed by atoms with van der Waals surface area (Å²) in [5.74, 6) is -0.0131. The summed E-state index contributed by atoms with van der Waals surface area (Å²) in [4.78, 5) is 2.42. The third-order valence-electron chi connectivity index (χ3n) is 3.13. The molecule has 1 N–H and O–H groups in total. The minimum Gasteiger partial charge on any atom is -0.494 e. The molecule has 2 nitrogen and oxygen atoms in total. The van der Waals surface area contributed by atoms with Crippen LogP contribution in [0.4, 0.5) is 4.39 Å². The number of aryl methyl sites for hydroxylation is 1. The highest BCUT2D eigenvalue weighted by atomic mass is 32.1. The maximum atomic E-state index is 14.3. The van der Waals surface area contributed by atoms with Gasteiger partial charge in [0.15, 0.2) is 11.6 Å². The molecule has 2 rings (SSSR count). The number of thiophene rings is 1. The molecule has 0 aliphatic heterocycles. The molecule has 1 atom stereocenters. The topological polar surface area (TPSA) is 21.3 Å². The second-order valence-corrected chi connectivity index (χ2v) is 5.44. The van der Waals surface area contributed by atoms with Crippen molar-refractivity contribution < 1.29 is 9.13 Å². The summed E-state index contributed by atoms with van der Waals surface area (Å²) in [5, 5.41) is 3.18. The summed E-state index contributed by atoms with van der Waals surface area (Å²) in [6, 6.07) is 9.27.